The van der Waals surface area contributed by atoms with Gasteiger partial charge in [-0.25, -0.2) is 0 Å². The zero-order valence-corrected chi connectivity index (χ0v) is 8.63. The Hall–Kier alpha value is -0.820. The van der Waals surface area contributed by atoms with Crippen LogP contribution in [0.5, 0.6) is 0 Å². The van der Waals surface area contributed by atoms with Gasteiger partial charge in [-0.15, -0.1) is 0 Å². The van der Waals surface area contributed by atoms with E-state index in [9.17, 15) is 0 Å². The van der Waals surface area contributed by atoms with Gasteiger partial charge in [-0.1, -0.05) is 24.6 Å². The predicted molar refractivity (Wildman–Crippen MR) is 58.5 cm³/mol. The van der Waals surface area contributed by atoms with Gasteiger partial charge in [0.15, 0.2) is 0 Å². The first kappa shape index (κ1) is 9.72. The van der Waals surface area contributed by atoms with Crippen molar-refractivity contribution in [2.45, 2.75) is 38.5 Å². The predicted octanol–water partition coefficient (Wildman–Crippen LogP) is 2.49. The van der Waals surface area contributed by atoms with Crippen LogP contribution in [0.1, 0.15) is 36.0 Å². The molecule has 0 bridgehead atoms. The van der Waals surface area contributed by atoms with Crippen LogP contribution in [0.3, 0.4) is 0 Å². The smallest absolute Gasteiger partial charge is 0.0471 e. The second kappa shape index (κ2) is 4.61. The Morgan fingerprint density at radius 2 is 1.79 bits per heavy atom. The van der Waals surface area contributed by atoms with Crippen molar-refractivity contribution in [2.24, 2.45) is 0 Å². The van der Waals surface area contributed by atoms with Crippen molar-refractivity contribution >= 4 is 0 Å². The molecule has 1 aromatic rings. The maximum atomic E-state index is 8.88. The lowest BCUT2D eigenvalue weighted by atomic mass is 9.99. The molecule has 1 N–H and O–H groups in total. The van der Waals surface area contributed by atoms with Crippen LogP contribution < -0.4 is 0 Å². The molecule has 1 aliphatic rings. The molecule has 2 rings (SSSR count). The summed E-state index contributed by atoms with van der Waals surface area (Å²) in [6, 6.07) is 6.71. The quantitative estimate of drug-likeness (QED) is 0.710. The molecule has 1 aromatic carbocycles. The second-order valence-corrected chi connectivity index (χ2v) is 4.14. The van der Waals surface area contributed by atoms with Crippen molar-refractivity contribution < 1.29 is 5.11 Å². The molecule has 0 aliphatic heterocycles. The van der Waals surface area contributed by atoms with Crippen molar-refractivity contribution in [3.8, 4) is 0 Å². The monoisotopic (exact) mass is 190 g/mol. The van der Waals surface area contributed by atoms with E-state index in [-0.39, 0.29) is 6.61 Å². The highest BCUT2D eigenvalue weighted by Gasteiger charge is 2.07. The van der Waals surface area contributed by atoms with Crippen molar-refractivity contribution in [3.05, 3.63) is 34.9 Å². The molecule has 0 radical (unpaired) electrons. The summed E-state index contributed by atoms with van der Waals surface area (Å²) in [6.07, 6.45) is 7.31. The molecule has 1 heteroatoms. The van der Waals surface area contributed by atoms with Gasteiger partial charge < -0.3 is 5.11 Å². The van der Waals surface area contributed by atoms with E-state index in [0.717, 1.165) is 6.42 Å². The second-order valence-electron chi connectivity index (χ2n) is 4.14. The Morgan fingerprint density at radius 1 is 1.00 bits per heavy atom. The van der Waals surface area contributed by atoms with Crippen LogP contribution in [-0.4, -0.2) is 11.7 Å². The molecule has 0 saturated carbocycles. The SMILES string of the molecule is OCCc1ccc2c(c1)CCCCC2. The lowest BCUT2D eigenvalue weighted by Crippen LogP contribution is -1.96. The van der Waals surface area contributed by atoms with Crippen LogP contribution in [0.15, 0.2) is 18.2 Å². The first-order valence-corrected chi connectivity index (χ1v) is 5.61. The number of hydrogen-bond acceptors (Lipinski definition) is 1. The van der Waals surface area contributed by atoms with Crippen molar-refractivity contribution in [1.29, 1.82) is 0 Å². The van der Waals surface area contributed by atoms with Crippen LogP contribution in [0, 0.1) is 0 Å². The van der Waals surface area contributed by atoms with Gasteiger partial charge in [0.05, 0.1) is 0 Å². The Labute approximate surface area is 85.8 Å². The van der Waals surface area contributed by atoms with Gasteiger partial charge in [0.1, 0.15) is 0 Å². The Kier molecular flexibility index (Phi) is 3.20. The van der Waals surface area contributed by atoms with Gasteiger partial charge in [-0.2, -0.15) is 0 Å². The van der Waals surface area contributed by atoms with Gasteiger partial charge in [-0.3, -0.25) is 0 Å². The summed E-state index contributed by atoms with van der Waals surface area (Å²) in [5.74, 6) is 0. The molecule has 1 nitrogen and oxygen atoms in total. The summed E-state index contributed by atoms with van der Waals surface area (Å²) in [4.78, 5) is 0. The molecular formula is C13H18O. The first-order chi connectivity index (χ1) is 6.90. The Morgan fingerprint density at radius 3 is 2.57 bits per heavy atom. The molecule has 0 heterocycles. The van der Waals surface area contributed by atoms with Crippen LogP contribution >= 0.6 is 0 Å². The molecule has 0 saturated heterocycles. The van der Waals surface area contributed by atoms with E-state index in [1.165, 1.54) is 48.8 Å². The summed E-state index contributed by atoms with van der Waals surface area (Å²) in [7, 11) is 0. The molecule has 76 valence electrons. The van der Waals surface area contributed by atoms with E-state index < -0.39 is 0 Å². The number of aryl methyl sites for hydroxylation is 2. The molecule has 14 heavy (non-hydrogen) atoms. The zero-order chi connectivity index (χ0) is 9.80. The molecular weight excluding hydrogens is 172 g/mol. The number of hydrogen-bond donors (Lipinski definition) is 1. The van der Waals surface area contributed by atoms with Gasteiger partial charge in [0.2, 0.25) is 0 Å². The molecule has 1 aliphatic carbocycles. The summed E-state index contributed by atoms with van der Waals surface area (Å²) in [6.45, 7) is 0.263. The van der Waals surface area contributed by atoms with E-state index in [1.807, 2.05) is 0 Å². The number of benzene rings is 1. The average Bonchev–Trinajstić information content (AvgIpc) is 2.42. The molecule has 0 aromatic heterocycles. The Balaban J connectivity index is 2.23. The average molecular weight is 190 g/mol. The minimum Gasteiger partial charge on any atom is -0.396 e. The number of rotatable bonds is 2. The highest BCUT2D eigenvalue weighted by Crippen LogP contribution is 2.21. The normalized spacial score (nSPS) is 16.1. The maximum absolute atomic E-state index is 8.88. The zero-order valence-electron chi connectivity index (χ0n) is 8.63. The first-order valence-electron chi connectivity index (χ1n) is 5.61. The standard InChI is InChI=1S/C13H18O/c14-9-8-11-6-7-12-4-2-1-3-5-13(12)10-11/h6-7,10,14H,1-5,8-9H2. The Bertz CT molecular complexity index is 304. The van der Waals surface area contributed by atoms with Crippen LogP contribution in [-0.2, 0) is 19.3 Å². The summed E-state index contributed by atoms with van der Waals surface area (Å²) in [5, 5.41) is 8.88. The van der Waals surface area contributed by atoms with Gasteiger partial charge in [0, 0.05) is 6.61 Å². The largest absolute Gasteiger partial charge is 0.396 e. The number of fused-ring (bicyclic) bond motifs is 1. The third-order valence-electron chi connectivity index (χ3n) is 3.06. The maximum Gasteiger partial charge on any atom is 0.0471 e. The minimum atomic E-state index is 0.263. The minimum absolute atomic E-state index is 0.263. The molecule has 0 amide bonds. The lowest BCUT2D eigenvalue weighted by molar-refractivity contribution is 0.299. The summed E-state index contributed by atoms with van der Waals surface area (Å²) in [5.41, 5.74) is 4.34. The molecule has 0 spiro atoms. The number of aliphatic hydroxyl groups is 1. The highest BCUT2D eigenvalue weighted by molar-refractivity contribution is 5.33. The van der Waals surface area contributed by atoms with E-state index in [2.05, 4.69) is 18.2 Å². The fourth-order valence-electron chi connectivity index (χ4n) is 2.25. The van der Waals surface area contributed by atoms with E-state index in [4.69, 9.17) is 5.11 Å². The topological polar surface area (TPSA) is 20.2 Å². The van der Waals surface area contributed by atoms with Gasteiger partial charge in [-0.05, 0) is 48.8 Å². The molecule has 0 fully saturated rings. The third kappa shape index (κ3) is 2.16. The van der Waals surface area contributed by atoms with Gasteiger partial charge in [0.25, 0.3) is 0 Å². The molecule has 0 atom stereocenters. The van der Waals surface area contributed by atoms with Crippen LogP contribution in [0.2, 0.25) is 0 Å². The van der Waals surface area contributed by atoms with E-state index >= 15 is 0 Å². The van der Waals surface area contributed by atoms with E-state index in [0.29, 0.717) is 0 Å². The van der Waals surface area contributed by atoms with Crippen LogP contribution in [0.25, 0.3) is 0 Å². The lowest BCUT2D eigenvalue weighted by Gasteiger charge is -2.07. The van der Waals surface area contributed by atoms with Crippen molar-refractivity contribution in [1.82, 2.24) is 0 Å². The van der Waals surface area contributed by atoms with Crippen LogP contribution in [0.4, 0.5) is 0 Å². The van der Waals surface area contributed by atoms with Crippen molar-refractivity contribution in [2.75, 3.05) is 6.61 Å². The third-order valence-corrected chi connectivity index (χ3v) is 3.06. The van der Waals surface area contributed by atoms with Gasteiger partial charge >= 0.3 is 0 Å². The van der Waals surface area contributed by atoms with E-state index in [1.54, 1.807) is 0 Å². The number of aliphatic hydroxyl groups excluding tert-OH is 1. The fourth-order valence-corrected chi connectivity index (χ4v) is 2.25. The van der Waals surface area contributed by atoms with Crippen molar-refractivity contribution in [3.63, 3.8) is 0 Å². The summed E-state index contributed by atoms with van der Waals surface area (Å²) < 4.78 is 0. The highest BCUT2D eigenvalue weighted by atomic mass is 16.2. The molecule has 0 unspecified atom stereocenters. The fraction of sp³-hybridized carbons (Fsp3) is 0.538. The summed E-state index contributed by atoms with van der Waals surface area (Å²) >= 11 is 0.